The lowest BCUT2D eigenvalue weighted by molar-refractivity contribution is 0.161. The number of aromatic nitrogens is 1. The first kappa shape index (κ1) is 17.6. The number of benzene rings is 2. The van der Waals surface area contributed by atoms with Gasteiger partial charge in [0.25, 0.3) is 0 Å². The van der Waals surface area contributed by atoms with Gasteiger partial charge in [-0.1, -0.05) is 52.3 Å². The second-order valence-corrected chi connectivity index (χ2v) is 7.11. The third-order valence-electron chi connectivity index (χ3n) is 4.49. The minimum absolute atomic E-state index is 0.0660. The minimum atomic E-state index is -0.662. The minimum Gasteiger partial charge on any atom is -0.388 e. The fourth-order valence-electron chi connectivity index (χ4n) is 3.10. The molecule has 3 nitrogen and oxygen atoms in total. The van der Waals surface area contributed by atoms with Gasteiger partial charge in [0.05, 0.1) is 6.10 Å². The Morgan fingerprint density at radius 1 is 1.00 bits per heavy atom. The number of pyridine rings is 1. The van der Waals surface area contributed by atoms with Crippen molar-refractivity contribution in [3.05, 3.63) is 104 Å². The Labute approximate surface area is 155 Å². The summed E-state index contributed by atoms with van der Waals surface area (Å²) in [6, 6.07) is 19.6. The number of aliphatic hydroxyl groups is 1. The zero-order valence-electron chi connectivity index (χ0n) is 13.9. The summed E-state index contributed by atoms with van der Waals surface area (Å²) in [6.45, 7) is 2.09. The average Bonchev–Trinajstić information content (AvgIpc) is 2.62. The molecule has 0 bridgehead atoms. The molecule has 0 fully saturated rings. The molecule has 0 radical (unpaired) electrons. The average molecular weight is 398 g/mol. The molecule has 2 aromatic carbocycles. The second-order valence-electron chi connectivity index (χ2n) is 6.20. The molecular weight excluding hydrogens is 378 g/mol. The van der Waals surface area contributed by atoms with Crippen LogP contribution < -0.4 is 5.56 Å². The molecule has 0 aliphatic carbocycles. The van der Waals surface area contributed by atoms with Crippen LogP contribution in [0.3, 0.4) is 0 Å². The molecule has 1 heterocycles. The fourth-order valence-corrected chi connectivity index (χ4v) is 3.37. The van der Waals surface area contributed by atoms with E-state index in [0.717, 1.165) is 15.6 Å². The first-order valence-corrected chi connectivity index (χ1v) is 9.01. The van der Waals surface area contributed by atoms with E-state index in [-0.39, 0.29) is 11.5 Å². The zero-order chi connectivity index (χ0) is 17.8. The summed E-state index contributed by atoms with van der Waals surface area (Å²) in [4.78, 5) is 13.9. The Balaban J connectivity index is 1.96. The smallest absolute Gasteiger partial charge is 0.247 e. The van der Waals surface area contributed by atoms with E-state index >= 15 is 0 Å². The monoisotopic (exact) mass is 397 g/mol. The summed E-state index contributed by atoms with van der Waals surface area (Å²) < 4.78 is 1.03. The van der Waals surface area contributed by atoms with Crippen LogP contribution in [0.2, 0.25) is 0 Å². The summed E-state index contributed by atoms with van der Waals surface area (Å²) in [5, 5.41) is 10.7. The molecule has 25 heavy (non-hydrogen) atoms. The van der Waals surface area contributed by atoms with E-state index in [2.05, 4.69) is 52.1 Å². The number of hydrogen-bond acceptors (Lipinski definition) is 2. The predicted molar refractivity (Wildman–Crippen MR) is 104 cm³/mol. The third-order valence-corrected chi connectivity index (χ3v) is 5.02. The number of H-pyrrole nitrogens is 1. The van der Waals surface area contributed by atoms with Crippen LogP contribution >= 0.6 is 15.9 Å². The van der Waals surface area contributed by atoms with Crippen LogP contribution in [0, 0.1) is 6.92 Å². The first-order valence-electron chi connectivity index (χ1n) is 8.22. The maximum atomic E-state index is 11.2. The van der Waals surface area contributed by atoms with Gasteiger partial charge in [-0.25, -0.2) is 0 Å². The van der Waals surface area contributed by atoms with Gasteiger partial charge in [0, 0.05) is 22.7 Å². The maximum Gasteiger partial charge on any atom is 0.247 e. The van der Waals surface area contributed by atoms with Crippen LogP contribution in [0.15, 0.2) is 76.1 Å². The quantitative estimate of drug-likeness (QED) is 0.655. The standard InChI is InChI=1S/C21H20BrNO2/c1-14-4-2-3-5-18(14)19(15-6-9-17(22)10-7-15)12-20(24)16-8-11-21(25)23-13-16/h2-11,13,19-20,24H,12H2,1H3,(H,23,25). The Morgan fingerprint density at radius 2 is 1.68 bits per heavy atom. The van der Waals surface area contributed by atoms with E-state index in [9.17, 15) is 9.90 Å². The van der Waals surface area contributed by atoms with E-state index in [0.29, 0.717) is 6.42 Å². The normalized spacial score (nSPS) is 13.4. The molecule has 0 aliphatic heterocycles. The number of halogens is 1. The van der Waals surface area contributed by atoms with Crippen molar-refractivity contribution >= 4 is 15.9 Å². The molecule has 4 heteroatoms. The van der Waals surface area contributed by atoms with Gasteiger partial charge in [-0.15, -0.1) is 0 Å². The number of rotatable bonds is 5. The van der Waals surface area contributed by atoms with Crippen LogP contribution in [0.1, 0.15) is 40.7 Å². The highest BCUT2D eigenvalue weighted by molar-refractivity contribution is 9.10. The second kappa shape index (κ2) is 7.81. The van der Waals surface area contributed by atoms with Gasteiger partial charge >= 0.3 is 0 Å². The first-order chi connectivity index (χ1) is 12.0. The van der Waals surface area contributed by atoms with Gasteiger partial charge in [0.1, 0.15) is 0 Å². The van der Waals surface area contributed by atoms with Crippen LogP contribution in [0.4, 0.5) is 0 Å². The number of aliphatic hydroxyl groups excluding tert-OH is 1. The molecule has 3 aromatic rings. The van der Waals surface area contributed by atoms with Crippen molar-refractivity contribution in [3.8, 4) is 0 Å². The molecule has 128 valence electrons. The molecule has 1 aromatic heterocycles. The Bertz CT molecular complexity index is 882. The topological polar surface area (TPSA) is 53.1 Å². The molecule has 0 saturated carbocycles. The Kier molecular flexibility index (Phi) is 5.51. The van der Waals surface area contributed by atoms with Gasteiger partial charge in [-0.3, -0.25) is 4.79 Å². The van der Waals surface area contributed by atoms with E-state index in [1.54, 1.807) is 12.3 Å². The highest BCUT2D eigenvalue weighted by Gasteiger charge is 2.21. The van der Waals surface area contributed by atoms with Gasteiger partial charge in [-0.2, -0.15) is 0 Å². The lowest BCUT2D eigenvalue weighted by Crippen LogP contribution is -2.11. The van der Waals surface area contributed by atoms with Crippen molar-refractivity contribution in [3.63, 3.8) is 0 Å². The molecule has 0 spiro atoms. The largest absolute Gasteiger partial charge is 0.388 e. The van der Waals surface area contributed by atoms with Crippen molar-refractivity contribution in [2.75, 3.05) is 0 Å². The Morgan fingerprint density at radius 3 is 2.32 bits per heavy atom. The van der Waals surface area contributed by atoms with E-state index < -0.39 is 6.10 Å². The summed E-state index contributed by atoms with van der Waals surface area (Å²) in [7, 11) is 0. The SMILES string of the molecule is Cc1ccccc1C(CC(O)c1ccc(=O)[nH]c1)c1ccc(Br)cc1. The third kappa shape index (κ3) is 4.27. The number of aryl methyl sites for hydroxylation is 1. The summed E-state index contributed by atoms with van der Waals surface area (Å²) in [5.41, 5.74) is 4.10. The van der Waals surface area contributed by atoms with E-state index in [1.165, 1.54) is 17.2 Å². The molecule has 0 aliphatic rings. The number of aromatic amines is 1. The zero-order valence-corrected chi connectivity index (χ0v) is 15.5. The molecule has 3 rings (SSSR count). The lowest BCUT2D eigenvalue weighted by Gasteiger charge is -2.23. The summed E-state index contributed by atoms with van der Waals surface area (Å²) in [5.74, 6) is 0.0660. The van der Waals surface area contributed by atoms with Crippen LogP contribution in [-0.4, -0.2) is 10.1 Å². The van der Waals surface area contributed by atoms with Gasteiger partial charge in [0.15, 0.2) is 0 Å². The number of hydrogen-bond donors (Lipinski definition) is 2. The van der Waals surface area contributed by atoms with Crippen molar-refractivity contribution < 1.29 is 5.11 Å². The van der Waals surface area contributed by atoms with Crippen molar-refractivity contribution in [2.24, 2.45) is 0 Å². The van der Waals surface area contributed by atoms with Crippen molar-refractivity contribution in [1.82, 2.24) is 4.98 Å². The molecule has 2 atom stereocenters. The van der Waals surface area contributed by atoms with Crippen LogP contribution in [-0.2, 0) is 0 Å². The van der Waals surface area contributed by atoms with Crippen LogP contribution in [0.5, 0.6) is 0 Å². The van der Waals surface area contributed by atoms with Gasteiger partial charge in [-0.05, 0) is 53.8 Å². The predicted octanol–water partition coefficient (Wildman–Crippen LogP) is 4.70. The van der Waals surface area contributed by atoms with E-state index in [1.807, 2.05) is 24.3 Å². The molecule has 2 unspecified atom stereocenters. The van der Waals surface area contributed by atoms with Crippen LogP contribution in [0.25, 0.3) is 0 Å². The highest BCUT2D eigenvalue weighted by atomic mass is 79.9. The van der Waals surface area contributed by atoms with E-state index in [4.69, 9.17) is 0 Å². The highest BCUT2D eigenvalue weighted by Crippen LogP contribution is 2.35. The fraction of sp³-hybridized carbons (Fsp3) is 0.190. The Hall–Kier alpha value is -2.17. The summed E-state index contributed by atoms with van der Waals surface area (Å²) in [6.07, 6.45) is 1.47. The van der Waals surface area contributed by atoms with Gasteiger partial charge in [0.2, 0.25) is 5.56 Å². The summed E-state index contributed by atoms with van der Waals surface area (Å²) >= 11 is 3.48. The molecule has 0 amide bonds. The molecule has 0 saturated heterocycles. The number of nitrogens with one attached hydrogen (secondary N) is 1. The molecular formula is C21H20BrNO2. The molecule has 2 N–H and O–H groups in total. The maximum absolute atomic E-state index is 11.2. The van der Waals surface area contributed by atoms with Crippen molar-refractivity contribution in [1.29, 1.82) is 0 Å². The lowest BCUT2D eigenvalue weighted by atomic mass is 9.83. The van der Waals surface area contributed by atoms with Gasteiger partial charge < -0.3 is 10.1 Å². The van der Waals surface area contributed by atoms with Crippen molar-refractivity contribution in [2.45, 2.75) is 25.4 Å².